The number of hydrogen-bond acceptors (Lipinski definition) is 5. The molecular weight excluding hydrogens is 409 g/mol. The van der Waals surface area contributed by atoms with E-state index < -0.39 is 0 Å². The van der Waals surface area contributed by atoms with E-state index in [2.05, 4.69) is 4.98 Å². The molecule has 26 heavy (non-hydrogen) atoms. The third-order valence-electron chi connectivity index (χ3n) is 3.56. The van der Waals surface area contributed by atoms with Crippen molar-refractivity contribution in [1.82, 2.24) is 9.88 Å². The highest BCUT2D eigenvalue weighted by molar-refractivity contribution is 7.22. The van der Waals surface area contributed by atoms with Gasteiger partial charge in [0.25, 0.3) is 5.91 Å². The number of carbonyl (C=O) groups is 1. The van der Waals surface area contributed by atoms with Crippen LogP contribution in [0.15, 0.2) is 41.8 Å². The molecule has 0 aliphatic carbocycles. The van der Waals surface area contributed by atoms with E-state index in [4.69, 9.17) is 11.6 Å². The number of fused-ring (bicyclic) bond motifs is 1. The first-order valence-electron chi connectivity index (χ1n) is 7.77. The van der Waals surface area contributed by atoms with Crippen molar-refractivity contribution >= 4 is 74.0 Å². The van der Waals surface area contributed by atoms with E-state index in [9.17, 15) is 4.79 Å². The van der Waals surface area contributed by atoms with Crippen LogP contribution in [0.25, 0.3) is 16.3 Å². The van der Waals surface area contributed by atoms with E-state index in [1.165, 1.54) is 11.3 Å². The molecule has 2 aromatic heterocycles. The smallest absolute Gasteiger partial charge is 0.252 e. The van der Waals surface area contributed by atoms with Crippen molar-refractivity contribution < 1.29 is 4.79 Å². The third kappa shape index (κ3) is 5.05. The molecule has 8 heteroatoms. The van der Waals surface area contributed by atoms with Gasteiger partial charge in [0.1, 0.15) is 5.52 Å². The molecule has 1 aromatic carbocycles. The molecule has 0 saturated carbocycles. The molecule has 0 saturated heterocycles. The van der Waals surface area contributed by atoms with Gasteiger partial charge in [-0.15, -0.1) is 23.7 Å². The average molecular weight is 428 g/mol. The fourth-order valence-electron chi connectivity index (χ4n) is 2.25. The molecule has 1 amide bonds. The number of hydrogen-bond donors (Lipinski definition) is 0. The number of carbonyl (C=O) groups excluding carboxylic acids is 1. The summed E-state index contributed by atoms with van der Waals surface area (Å²) in [6.07, 6.45) is 3.45. The zero-order valence-corrected chi connectivity index (χ0v) is 17.6. The standard InChI is InChI=1S/C18H18ClN3OS2.ClH/c1-21(2)10-11-22(16(23)9-8-13-5-4-12-24-13)18-20-17-14(19)6-3-7-15(17)25-18;/h3-9,12H,10-11H2,1-2H3;1H. The van der Waals surface area contributed by atoms with Crippen LogP contribution in [0.5, 0.6) is 0 Å². The Bertz CT molecular complexity index is 891. The Morgan fingerprint density at radius 2 is 2.04 bits per heavy atom. The number of likely N-dealkylation sites (N-methyl/N-ethyl adjacent to an activating group) is 1. The number of halogens is 2. The summed E-state index contributed by atoms with van der Waals surface area (Å²) in [6.45, 7) is 1.32. The maximum absolute atomic E-state index is 12.8. The lowest BCUT2D eigenvalue weighted by Crippen LogP contribution is -2.35. The summed E-state index contributed by atoms with van der Waals surface area (Å²) in [7, 11) is 3.97. The summed E-state index contributed by atoms with van der Waals surface area (Å²) in [5, 5.41) is 3.27. The summed E-state index contributed by atoms with van der Waals surface area (Å²) >= 11 is 9.31. The van der Waals surface area contributed by atoms with Crippen LogP contribution in [0.2, 0.25) is 5.02 Å². The fourth-order valence-corrected chi connectivity index (χ4v) is 4.16. The molecule has 4 nitrogen and oxygen atoms in total. The molecule has 0 bridgehead atoms. The highest BCUT2D eigenvalue weighted by Crippen LogP contribution is 2.33. The molecule has 0 spiro atoms. The second kappa shape index (κ2) is 9.48. The van der Waals surface area contributed by atoms with Crippen LogP contribution >= 0.6 is 46.7 Å². The van der Waals surface area contributed by atoms with Gasteiger partial charge in [0.05, 0.1) is 9.72 Å². The molecule has 0 radical (unpaired) electrons. The quantitative estimate of drug-likeness (QED) is 0.516. The Morgan fingerprint density at radius 3 is 2.69 bits per heavy atom. The molecule has 0 aliphatic rings. The van der Waals surface area contributed by atoms with Gasteiger partial charge >= 0.3 is 0 Å². The molecule has 3 aromatic rings. The van der Waals surface area contributed by atoms with Gasteiger partial charge in [-0.25, -0.2) is 4.98 Å². The molecule has 3 rings (SSSR count). The Balaban J connectivity index is 0.00000243. The van der Waals surface area contributed by atoms with E-state index in [1.807, 2.05) is 60.8 Å². The second-order valence-corrected chi connectivity index (χ2v) is 8.12. The molecule has 0 fully saturated rings. The van der Waals surface area contributed by atoms with Gasteiger partial charge in [-0.1, -0.05) is 35.1 Å². The molecule has 0 unspecified atom stereocenters. The Hall–Kier alpha value is -1.44. The zero-order chi connectivity index (χ0) is 17.8. The number of aromatic nitrogens is 1. The van der Waals surface area contributed by atoms with Crippen molar-refractivity contribution in [3.8, 4) is 0 Å². The van der Waals surface area contributed by atoms with E-state index in [-0.39, 0.29) is 18.3 Å². The largest absolute Gasteiger partial charge is 0.308 e. The first-order chi connectivity index (χ1) is 12.0. The first-order valence-corrected chi connectivity index (χ1v) is 9.85. The molecule has 0 atom stereocenters. The van der Waals surface area contributed by atoms with Crippen molar-refractivity contribution in [2.45, 2.75) is 0 Å². The van der Waals surface area contributed by atoms with Crippen LogP contribution in [-0.2, 0) is 4.79 Å². The Labute approximate surface area is 172 Å². The summed E-state index contributed by atoms with van der Waals surface area (Å²) < 4.78 is 0.979. The maximum atomic E-state index is 12.8. The lowest BCUT2D eigenvalue weighted by Gasteiger charge is -2.20. The van der Waals surface area contributed by atoms with Gasteiger partial charge in [-0.05, 0) is 43.8 Å². The van der Waals surface area contributed by atoms with Gasteiger partial charge in [0.15, 0.2) is 5.13 Å². The van der Waals surface area contributed by atoms with Crippen LogP contribution in [0.1, 0.15) is 4.88 Å². The van der Waals surface area contributed by atoms with E-state index in [0.29, 0.717) is 16.7 Å². The van der Waals surface area contributed by atoms with Crippen LogP contribution < -0.4 is 4.90 Å². The van der Waals surface area contributed by atoms with Gasteiger partial charge in [0.2, 0.25) is 0 Å². The van der Waals surface area contributed by atoms with Crippen LogP contribution in [-0.4, -0.2) is 43.0 Å². The average Bonchev–Trinajstić information content (AvgIpc) is 3.22. The van der Waals surface area contributed by atoms with Gasteiger partial charge in [-0.2, -0.15) is 0 Å². The number of benzene rings is 1. The van der Waals surface area contributed by atoms with Gasteiger partial charge in [-0.3, -0.25) is 9.69 Å². The van der Waals surface area contributed by atoms with Gasteiger partial charge < -0.3 is 4.90 Å². The zero-order valence-electron chi connectivity index (χ0n) is 14.4. The van der Waals surface area contributed by atoms with Crippen LogP contribution in [0.3, 0.4) is 0 Å². The molecule has 0 N–H and O–H groups in total. The molecule has 138 valence electrons. The Morgan fingerprint density at radius 1 is 1.23 bits per heavy atom. The molecule has 0 aliphatic heterocycles. The molecular formula is C18H19Cl2N3OS2. The lowest BCUT2D eigenvalue weighted by molar-refractivity contribution is -0.114. The highest BCUT2D eigenvalue weighted by atomic mass is 35.5. The predicted molar refractivity (Wildman–Crippen MR) is 116 cm³/mol. The van der Waals surface area contributed by atoms with Crippen molar-refractivity contribution in [3.05, 3.63) is 51.7 Å². The van der Waals surface area contributed by atoms with Crippen LogP contribution in [0, 0.1) is 0 Å². The van der Waals surface area contributed by atoms with E-state index >= 15 is 0 Å². The van der Waals surface area contributed by atoms with E-state index in [1.54, 1.807) is 22.3 Å². The summed E-state index contributed by atoms with van der Waals surface area (Å²) in [4.78, 5) is 22.2. The SMILES string of the molecule is CN(C)CCN(C(=O)C=Cc1cccs1)c1nc2c(Cl)cccc2s1.Cl. The van der Waals surface area contributed by atoms with Crippen molar-refractivity contribution in [2.75, 3.05) is 32.1 Å². The highest BCUT2D eigenvalue weighted by Gasteiger charge is 2.18. The number of anilines is 1. The number of rotatable bonds is 6. The van der Waals surface area contributed by atoms with Crippen molar-refractivity contribution in [2.24, 2.45) is 0 Å². The van der Waals surface area contributed by atoms with Crippen molar-refractivity contribution in [1.29, 1.82) is 0 Å². The summed E-state index contributed by atoms with van der Waals surface area (Å²) in [5.41, 5.74) is 0.744. The monoisotopic (exact) mass is 427 g/mol. The lowest BCUT2D eigenvalue weighted by atomic mass is 10.3. The number of thiazole rings is 1. The molecule has 2 heterocycles. The number of para-hydroxylation sites is 1. The second-order valence-electron chi connectivity index (χ2n) is 5.72. The minimum atomic E-state index is -0.0783. The number of thiophene rings is 1. The first kappa shape index (κ1) is 20.9. The fraction of sp³-hybridized carbons (Fsp3) is 0.222. The Kier molecular flexibility index (Phi) is 7.61. The topological polar surface area (TPSA) is 36.4 Å². The van der Waals surface area contributed by atoms with Gasteiger partial charge in [0, 0.05) is 24.0 Å². The number of amides is 1. The van der Waals surface area contributed by atoms with Crippen LogP contribution in [0.4, 0.5) is 5.13 Å². The summed E-state index contributed by atoms with van der Waals surface area (Å²) in [5.74, 6) is -0.0783. The predicted octanol–water partition coefficient (Wildman–Crippen LogP) is 5.04. The number of nitrogens with zero attached hydrogens (tertiary/aromatic N) is 3. The van der Waals surface area contributed by atoms with Crippen molar-refractivity contribution in [3.63, 3.8) is 0 Å². The minimum absolute atomic E-state index is 0. The van der Waals surface area contributed by atoms with E-state index in [0.717, 1.165) is 21.6 Å². The normalized spacial score (nSPS) is 11.2. The summed E-state index contributed by atoms with van der Waals surface area (Å²) in [6, 6.07) is 9.63. The third-order valence-corrected chi connectivity index (χ3v) is 5.75. The minimum Gasteiger partial charge on any atom is -0.308 e. The maximum Gasteiger partial charge on any atom is 0.252 e.